The number of nitrogens with one attached hydrogen (secondary N) is 1. The number of carboxylic acids is 1. The van der Waals surface area contributed by atoms with Crippen LogP contribution in [-0.4, -0.2) is 28.6 Å². The van der Waals surface area contributed by atoms with Crippen molar-refractivity contribution in [2.75, 3.05) is 0 Å². The zero-order valence-electron chi connectivity index (χ0n) is 9.80. The van der Waals surface area contributed by atoms with Crippen molar-refractivity contribution in [2.24, 2.45) is 0 Å². The van der Waals surface area contributed by atoms with Crippen molar-refractivity contribution in [3.05, 3.63) is 35.9 Å². The average Bonchev–Trinajstić information content (AvgIpc) is 2.34. The van der Waals surface area contributed by atoms with Gasteiger partial charge in [-0.3, -0.25) is 0 Å². The molecular weight excluding hydrogens is 258 g/mol. The van der Waals surface area contributed by atoms with Crippen LogP contribution in [0.2, 0.25) is 0 Å². The number of alkyl halides is 1. The molecule has 0 spiro atoms. The number of hydrogen-bond donors (Lipinski definition) is 2. The fourth-order valence-corrected chi connectivity index (χ4v) is 1.44. The Balaban J connectivity index is 2.44. The van der Waals surface area contributed by atoms with Crippen molar-refractivity contribution in [3.63, 3.8) is 0 Å². The van der Waals surface area contributed by atoms with Crippen LogP contribution in [0.3, 0.4) is 0 Å². The number of halogens is 1. The predicted molar refractivity (Wildman–Crippen MR) is 66.5 cm³/mol. The minimum absolute atomic E-state index is 0.0790. The van der Waals surface area contributed by atoms with Gasteiger partial charge in [-0.15, -0.1) is 11.6 Å². The molecule has 0 aliphatic rings. The summed E-state index contributed by atoms with van der Waals surface area (Å²) in [6.07, 6.45) is -0.807. The summed E-state index contributed by atoms with van der Waals surface area (Å²) in [7, 11) is 0. The molecule has 1 aromatic rings. The van der Waals surface area contributed by atoms with Gasteiger partial charge >= 0.3 is 12.1 Å². The summed E-state index contributed by atoms with van der Waals surface area (Å²) in [5, 5.41) is 10.3. The maximum atomic E-state index is 11.4. The summed E-state index contributed by atoms with van der Waals surface area (Å²) in [5.41, 5.74) is 0.818. The Morgan fingerprint density at radius 2 is 2.00 bits per heavy atom. The number of carbonyl (C=O) groups is 2. The molecule has 0 bridgehead atoms. The maximum absolute atomic E-state index is 11.4. The van der Waals surface area contributed by atoms with Gasteiger partial charge < -0.3 is 15.2 Å². The smallest absolute Gasteiger partial charge is 0.408 e. The number of hydrogen-bond acceptors (Lipinski definition) is 3. The molecule has 0 aliphatic carbocycles. The van der Waals surface area contributed by atoms with Gasteiger partial charge in [0.15, 0.2) is 0 Å². The highest BCUT2D eigenvalue weighted by Gasteiger charge is 2.25. The first kappa shape index (κ1) is 14.3. The lowest BCUT2D eigenvalue weighted by Crippen LogP contribution is -2.45. The molecule has 0 unspecified atom stereocenters. The molecule has 6 heteroatoms. The Morgan fingerprint density at radius 1 is 1.39 bits per heavy atom. The van der Waals surface area contributed by atoms with E-state index >= 15 is 0 Å². The van der Waals surface area contributed by atoms with Gasteiger partial charge in [0, 0.05) is 0 Å². The van der Waals surface area contributed by atoms with E-state index in [0.717, 1.165) is 5.56 Å². The topological polar surface area (TPSA) is 75.6 Å². The molecule has 0 aliphatic heterocycles. The van der Waals surface area contributed by atoms with E-state index < -0.39 is 23.5 Å². The molecular formula is C12H14ClNO4. The number of rotatable bonds is 5. The van der Waals surface area contributed by atoms with Crippen molar-refractivity contribution in [2.45, 2.75) is 24.9 Å². The van der Waals surface area contributed by atoms with Gasteiger partial charge in [-0.1, -0.05) is 30.3 Å². The first-order chi connectivity index (χ1) is 8.50. The summed E-state index contributed by atoms with van der Waals surface area (Å²) in [6.45, 7) is 1.56. The molecule has 0 fully saturated rings. The van der Waals surface area contributed by atoms with Crippen LogP contribution in [0.15, 0.2) is 30.3 Å². The van der Waals surface area contributed by atoms with Crippen LogP contribution in [-0.2, 0) is 16.1 Å². The van der Waals surface area contributed by atoms with Crippen LogP contribution in [0.1, 0.15) is 12.5 Å². The third-order valence-electron chi connectivity index (χ3n) is 2.21. The standard InChI is InChI=1S/C12H14ClNO4/c1-8(13)10(11(15)16)14-12(17)18-7-9-5-3-2-4-6-9/h2-6,8,10H,7H2,1H3,(H,14,17)(H,15,16)/t8-,10+/m1/s1. The van der Waals surface area contributed by atoms with Gasteiger partial charge in [-0.2, -0.15) is 0 Å². The zero-order valence-corrected chi connectivity index (χ0v) is 10.6. The minimum atomic E-state index is -1.20. The van der Waals surface area contributed by atoms with Crippen molar-refractivity contribution in [3.8, 4) is 0 Å². The number of carbonyl (C=O) groups excluding carboxylic acids is 1. The van der Waals surface area contributed by atoms with Crippen molar-refractivity contribution in [1.82, 2.24) is 5.32 Å². The molecule has 1 amide bonds. The number of carboxylic acid groups (broad SMARTS) is 1. The molecule has 0 heterocycles. The number of ether oxygens (including phenoxy) is 1. The Hall–Kier alpha value is -1.75. The van der Waals surface area contributed by atoms with Crippen LogP contribution in [0.25, 0.3) is 0 Å². The van der Waals surface area contributed by atoms with Crippen LogP contribution in [0.5, 0.6) is 0 Å². The van der Waals surface area contributed by atoms with Crippen molar-refractivity contribution >= 4 is 23.7 Å². The number of amides is 1. The summed E-state index contributed by atoms with van der Waals surface area (Å²) in [6, 6.07) is 7.90. The largest absolute Gasteiger partial charge is 0.480 e. The fourth-order valence-electron chi connectivity index (χ4n) is 1.26. The molecule has 2 N–H and O–H groups in total. The molecule has 0 saturated carbocycles. The molecule has 1 aromatic carbocycles. The van der Waals surface area contributed by atoms with Gasteiger partial charge in [-0.25, -0.2) is 9.59 Å². The number of aliphatic carboxylic acids is 1. The van der Waals surface area contributed by atoms with Crippen LogP contribution >= 0.6 is 11.6 Å². The van der Waals surface area contributed by atoms with E-state index in [1.165, 1.54) is 6.92 Å². The lowest BCUT2D eigenvalue weighted by molar-refractivity contribution is -0.139. The molecule has 5 nitrogen and oxygen atoms in total. The molecule has 18 heavy (non-hydrogen) atoms. The Bertz CT molecular complexity index is 408. The molecule has 1 rings (SSSR count). The summed E-state index contributed by atoms with van der Waals surface area (Å²) < 4.78 is 4.89. The molecule has 0 aromatic heterocycles. The van der Waals surface area contributed by atoms with Crippen molar-refractivity contribution < 1.29 is 19.4 Å². The van der Waals surface area contributed by atoms with E-state index in [0.29, 0.717) is 0 Å². The first-order valence-corrected chi connectivity index (χ1v) is 5.78. The summed E-state index contributed by atoms with van der Waals surface area (Å²) in [5.74, 6) is -1.20. The van der Waals surface area contributed by atoms with Crippen LogP contribution in [0, 0.1) is 0 Å². The second-order valence-electron chi connectivity index (χ2n) is 3.70. The van der Waals surface area contributed by atoms with E-state index in [4.69, 9.17) is 21.4 Å². The van der Waals surface area contributed by atoms with Gasteiger partial charge in [-0.05, 0) is 12.5 Å². The predicted octanol–water partition coefficient (Wildman–Crippen LogP) is 1.99. The van der Waals surface area contributed by atoms with Crippen LogP contribution < -0.4 is 5.32 Å². The highest BCUT2D eigenvalue weighted by atomic mass is 35.5. The van der Waals surface area contributed by atoms with E-state index in [1.54, 1.807) is 12.1 Å². The van der Waals surface area contributed by atoms with Gasteiger partial charge in [0.05, 0.1) is 5.38 Å². The zero-order chi connectivity index (χ0) is 13.5. The minimum Gasteiger partial charge on any atom is -0.480 e. The van der Waals surface area contributed by atoms with Gasteiger partial charge in [0.1, 0.15) is 12.6 Å². The maximum Gasteiger partial charge on any atom is 0.408 e. The third kappa shape index (κ3) is 4.63. The molecule has 0 radical (unpaired) electrons. The van der Waals surface area contributed by atoms with E-state index in [2.05, 4.69) is 5.32 Å². The van der Waals surface area contributed by atoms with Crippen molar-refractivity contribution in [1.29, 1.82) is 0 Å². The quantitative estimate of drug-likeness (QED) is 0.803. The molecule has 0 saturated heterocycles. The number of benzene rings is 1. The van der Waals surface area contributed by atoms with E-state index in [-0.39, 0.29) is 6.61 Å². The van der Waals surface area contributed by atoms with E-state index in [1.807, 2.05) is 18.2 Å². The van der Waals surface area contributed by atoms with Crippen LogP contribution in [0.4, 0.5) is 4.79 Å². The second kappa shape index (κ2) is 6.86. The monoisotopic (exact) mass is 271 g/mol. The number of alkyl carbamates (subject to hydrolysis) is 1. The highest BCUT2D eigenvalue weighted by Crippen LogP contribution is 2.04. The first-order valence-electron chi connectivity index (χ1n) is 5.35. The normalized spacial score (nSPS) is 13.4. The Labute approximate surface area is 110 Å². The highest BCUT2D eigenvalue weighted by molar-refractivity contribution is 6.22. The Kier molecular flexibility index (Phi) is 5.45. The van der Waals surface area contributed by atoms with Gasteiger partial charge in [0.2, 0.25) is 0 Å². The van der Waals surface area contributed by atoms with E-state index in [9.17, 15) is 9.59 Å². The Morgan fingerprint density at radius 3 is 2.50 bits per heavy atom. The van der Waals surface area contributed by atoms with Gasteiger partial charge in [0.25, 0.3) is 0 Å². The third-order valence-corrected chi connectivity index (χ3v) is 2.46. The summed E-state index contributed by atoms with van der Waals surface area (Å²) in [4.78, 5) is 22.2. The SMILES string of the molecule is C[C@@H](Cl)[C@H](NC(=O)OCc1ccccc1)C(=O)O. The average molecular weight is 272 g/mol. The fraction of sp³-hybridized carbons (Fsp3) is 0.333. The molecule has 2 atom stereocenters. The summed E-state index contributed by atoms with van der Waals surface area (Å²) >= 11 is 5.65. The molecule has 98 valence electrons. The second-order valence-corrected chi connectivity index (χ2v) is 4.39. The lowest BCUT2D eigenvalue weighted by Gasteiger charge is -2.16. The lowest BCUT2D eigenvalue weighted by atomic mass is 10.2.